The molecule has 7 nitrogen and oxygen atoms in total. The van der Waals surface area contributed by atoms with E-state index in [-0.39, 0.29) is 13.2 Å². The zero-order chi connectivity index (χ0) is 15.5. The Balaban J connectivity index is 4.38. The van der Waals surface area contributed by atoms with Crippen LogP contribution in [0, 0.1) is 5.41 Å². The fraction of sp³-hybridized carbons (Fsp3) is 1.00. The van der Waals surface area contributed by atoms with Crippen LogP contribution in [0.3, 0.4) is 0 Å². The average Bonchev–Trinajstić information content (AvgIpc) is 2.08. The highest BCUT2D eigenvalue weighted by atomic mass is 32.5. The summed E-state index contributed by atoms with van der Waals surface area (Å²) in [4.78, 5) is 27.1. The molecule has 1 unspecified atom stereocenters. The highest BCUT2D eigenvalue weighted by Crippen LogP contribution is 2.49. The second-order valence-electron chi connectivity index (χ2n) is 5.87. The van der Waals surface area contributed by atoms with Crippen LogP contribution in [-0.2, 0) is 29.9 Å². The van der Waals surface area contributed by atoms with Gasteiger partial charge in [-0.15, -0.1) is 0 Å². The number of hydrogen-bond donors (Lipinski definition) is 3. The van der Waals surface area contributed by atoms with Gasteiger partial charge in [0.15, 0.2) is 0 Å². The molecule has 116 valence electrons. The van der Waals surface area contributed by atoms with E-state index < -0.39 is 25.6 Å². The summed E-state index contributed by atoms with van der Waals surface area (Å²) in [6, 6.07) is 0. The van der Waals surface area contributed by atoms with Gasteiger partial charge in [-0.05, 0) is 32.6 Å². The molecule has 0 rings (SSSR count). The number of phosphoric ester groups is 1. The minimum Gasteiger partial charge on any atom is -0.324 e. The minimum atomic E-state index is -4.53. The van der Waals surface area contributed by atoms with E-state index in [4.69, 9.17) is 30.6 Å². The number of phosphoric acid groups is 1. The normalized spacial score (nSPS) is 17.3. The van der Waals surface area contributed by atoms with Gasteiger partial charge in [0.1, 0.15) is 0 Å². The van der Waals surface area contributed by atoms with Gasteiger partial charge in [-0.25, -0.2) is 4.57 Å². The van der Waals surface area contributed by atoms with E-state index in [1.165, 1.54) is 0 Å². The molecule has 0 heterocycles. The van der Waals surface area contributed by atoms with E-state index >= 15 is 0 Å². The largest absolute Gasteiger partial charge is 0.469 e. The van der Waals surface area contributed by atoms with Gasteiger partial charge in [0.05, 0.1) is 18.8 Å². The molecule has 0 aromatic carbocycles. The Morgan fingerprint density at radius 3 is 1.79 bits per heavy atom. The van der Waals surface area contributed by atoms with E-state index in [1.54, 1.807) is 34.6 Å². The third kappa shape index (κ3) is 12.1. The van der Waals surface area contributed by atoms with Crippen LogP contribution >= 0.6 is 14.5 Å². The molecular weight excluding hydrogens is 314 g/mol. The molecule has 0 spiro atoms. The molecule has 0 aliphatic heterocycles. The van der Waals surface area contributed by atoms with E-state index in [0.717, 1.165) is 0 Å². The van der Waals surface area contributed by atoms with Crippen molar-refractivity contribution in [1.29, 1.82) is 0 Å². The van der Waals surface area contributed by atoms with Gasteiger partial charge < -0.3 is 23.7 Å². The molecule has 0 aliphatic carbocycles. The molecule has 0 bridgehead atoms. The molecule has 0 fully saturated rings. The van der Waals surface area contributed by atoms with Crippen molar-refractivity contribution in [3.63, 3.8) is 0 Å². The van der Waals surface area contributed by atoms with Crippen molar-refractivity contribution >= 4 is 26.3 Å². The summed E-state index contributed by atoms with van der Waals surface area (Å²) in [6.45, 7) is 4.85. The first-order chi connectivity index (χ1) is 8.12. The quantitative estimate of drug-likeness (QED) is 0.608. The topological polar surface area (TPSA) is 105 Å². The zero-order valence-electron chi connectivity index (χ0n) is 11.7. The first-order valence-electron chi connectivity index (χ1n) is 5.50. The molecule has 3 N–H and O–H groups in total. The maximum Gasteiger partial charge on any atom is 0.469 e. The van der Waals surface area contributed by atoms with E-state index in [0.29, 0.717) is 0 Å². The van der Waals surface area contributed by atoms with Crippen LogP contribution < -0.4 is 0 Å². The molecular formula is C9H22O7P2S. The van der Waals surface area contributed by atoms with Crippen LogP contribution in [0.1, 0.15) is 34.6 Å². The maximum absolute atomic E-state index is 10.6. The Kier molecular flexibility index (Phi) is 6.82. The van der Waals surface area contributed by atoms with Gasteiger partial charge in [-0.3, -0.25) is 4.52 Å². The summed E-state index contributed by atoms with van der Waals surface area (Å²) in [5.41, 5.74) is -1.37. The van der Waals surface area contributed by atoms with Gasteiger partial charge in [0.25, 0.3) is 0 Å². The molecule has 0 saturated carbocycles. The monoisotopic (exact) mass is 336 g/mol. The summed E-state index contributed by atoms with van der Waals surface area (Å²) in [6.07, 6.45) is 0. The van der Waals surface area contributed by atoms with Crippen molar-refractivity contribution in [1.82, 2.24) is 0 Å². The standard InChI is InChI=1S/C9H22O7P2S/c1-8(2,3)16-18(13,19)15-7-9(4,5)6-14-17(10,11)12/h6-7H2,1-5H3,(H,13,19)(H2,10,11,12). The minimum absolute atomic E-state index is 0.0448. The lowest BCUT2D eigenvalue weighted by molar-refractivity contribution is 0.0510. The second kappa shape index (κ2) is 6.60. The fourth-order valence-corrected chi connectivity index (χ4v) is 3.53. The molecule has 0 aliphatic rings. The Morgan fingerprint density at radius 2 is 1.42 bits per heavy atom. The Morgan fingerprint density at radius 1 is 1.00 bits per heavy atom. The fourth-order valence-electron chi connectivity index (χ4n) is 0.929. The van der Waals surface area contributed by atoms with Crippen molar-refractivity contribution in [3.05, 3.63) is 0 Å². The predicted molar refractivity (Wildman–Crippen MR) is 75.1 cm³/mol. The molecule has 0 amide bonds. The summed E-state index contributed by atoms with van der Waals surface area (Å²) in [5.74, 6) is 0. The second-order valence-corrected chi connectivity index (χ2v) is 9.88. The SMILES string of the molecule is CC(C)(COP(=O)(O)O)COP(O)(=S)OC(C)(C)C. The van der Waals surface area contributed by atoms with Crippen molar-refractivity contribution in [2.45, 2.75) is 40.2 Å². The predicted octanol–water partition coefficient (Wildman–Crippen LogP) is 2.17. The molecule has 10 heteroatoms. The summed E-state index contributed by atoms with van der Waals surface area (Å²) >= 11 is 4.84. The van der Waals surface area contributed by atoms with E-state index in [9.17, 15) is 9.46 Å². The third-order valence-electron chi connectivity index (χ3n) is 1.63. The number of rotatable bonds is 7. The van der Waals surface area contributed by atoms with Gasteiger partial charge in [0, 0.05) is 5.41 Å². The van der Waals surface area contributed by atoms with Crippen LogP contribution in [0.25, 0.3) is 0 Å². The molecule has 19 heavy (non-hydrogen) atoms. The summed E-state index contributed by atoms with van der Waals surface area (Å²) in [5, 5.41) is 0. The lowest BCUT2D eigenvalue weighted by atomic mass is 9.97. The van der Waals surface area contributed by atoms with Crippen LogP contribution in [-0.4, -0.2) is 33.5 Å². The van der Waals surface area contributed by atoms with Crippen molar-refractivity contribution in [2.75, 3.05) is 13.2 Å². The first kappa shape index (κ1) is 19.6. The summed E-state index contributed by atoms with van der Waals surface area (Å²) < 4.78 is 25.4. The van der Waals surface area contributed by atoms with Crippen molar-refractivity contribution < 1.29 is 32.8 Å². The average molecular weight is 336 g/mol. The van der Waals surface area contributed by atoms with Gasteiger partial charge in [-0.1, -0.05) is 13.8 Å². The molecule has 1 atom stereocenters. The van der Waals surface area contributed by atoms with Crippen LogP contribution in [0.15, 0.2) is 0 Å². The van der Waals surface area contributed by atoms with Crippen LogP contribution in [0.2, 0.25) is 0 Å². The van der Waals surface area contributed by atoms with Crippen molar-refractivity contribution in [2.24, 2.45) is 5.41 Å². The first-order valence-corrected chi connectivity index (χ1v) is 9.62. The zero-order valence-corrected chi connectivity index (χ0v) is 14.3. The van der Waals surface area contributed by atoms with E-state index in [2.05, 4.69) is 4.52 Å². The van der Waals surface area contributed by atoms with E-state index in [1.807, 2.05) is 0 Å². The maximum atomic E-state index is 10.6. The lowest BCUT2D eigenvalue weighted by Gasteiger charge is -2.29. The Bertz CT molecular complexity index is 385. The molecule has 0 saturated heterocycles. The third-order valence-corrected chi connectivity index (χ3v) is 3.87. The Labute approximate surface area is 118 Å². The van der Waals surface area contributed by atoms with Gasteiger partial charge in [-0.2, -0.15) is 0 Å². The molecule has 0 aromatic rings. The molecule has 0 radical (unpaired) electrons. The highest BCUT2D eigenvalue weighted by molar-refractivity contribution is 8.07. The highest BCUT2D eigenvalue weighted by Gasteiger charge is 2.30. The van der Waals surface area contributed by atoms with Crippen molar-refractivity contribution in [3.8, 4) is 0 Å². The van der Waals surface area contributed by atoms with Gasteiger partial charge >= 0.3 is 14.5 Å². The lowest BCUT2D eigenvalue weighted by Crippen LogP contribution is -2.26. The smallest absolute Gasteiger partial charge is 0.324 e. The summed E-state index contributed by atoms with van der Waals surface area (Å²) in [7, 11) is -4.53. The molecule has 0 aromatic heterocycles. The van der Waals surface area contributed by atoms with Gasteiger partial charge in [0.2, 0.25) is 0 Å². The van der Waals surface area contributed by atoms with Crippen LogP contribution in [0.5, 0.6) is 0 Å². The Hall–Kier alpha value is 0.640. The number of hydrogen-bond acceptors (Lipinski definition) is 5. The van der Waals surface area contributed by atoms with Crippen LogP contribution in [0.4, 0.5) is 0 Å².